The van der Waals surface area contributed by atoms with Crippen molar-refractivity contribution in [1.29, 1.82) is 0 Å². The molecule has 1 aliphatic rings. The van der Waals surface area contributed by atoms with Crippen molar-refractivity contribution in [3.63, 3.8) is 0 Å². The van der Waals surface area contributed by atoms with Gasteiger partial charge in [0, 0.05) is 37.3 Å². The third-order valence-corrected chi connectivity index (χ3v) is 8.85. The van der Waals surface area contributed by atoms with Crippen LogP contribution in [0.15, 0.2) is 52.4 Å². The van der Waals surface area contributed by atoms with E-state index in [0.717, 1.165) is 35.9 Å². The summed E-state index contributed by atoms with van der Waals surface area (Å²) >= 11 is 7.50. The second-order valence-electron chi connectivity index (χ2n) is 7.90. The second-order valence-corrected chi connectivity index (χ2v) is 11.3. The zero-order chi connectivity index (χ0) is 23.4. The number of benzene rings is 2. The number of nitrogens with zero attached hydrogens (tertiary/aromatic N) is 3. The minimum atomic E-state index is -3.56. The summed E-state index contributed by atoms with van der Waals surface area (Å²) in [6.07, 6.45) is 3.85. The molecule has 3 aromatic rings. The summed E-state index contributed by atoms with van der Waals surface area (Å²) in [4.78, 5) is 18.0. The summed E-state index contributed by atoms with van der Waals surface area (Å²) < 4.78 is 35.6. The molecule has 0 aliphatic carbocycles. The highest BCUT2D eigenvalue weighted by Gasteiger charge is 2.25. The summed E-state index contributed by atoms with van der Waals surface area (Å²) in [5.74, 6) is -0.433. The van der Waals surface area contributed by atoms with Gasteiger partial charge in [-0.3, -0.25) is 4.79 Å². The Hall–Kier alpha value is -2.04. The average Bonchev–Trinajstić information content (AvgIpc) is 2.96. The molecule has 0 saturated carbocycles. The smallest absolute Gasteiger partial charge is 0.279 e. The van der Waals surface area contributed by atoms with Gasteiger partial charge in [0.05, 0.1) is 21.7 Å². The first kappa shape index (κ1) is 24.1. The molecule has 10 heteroatoms. The highest BCUT2D eigenvalue weighted by Crippen LogP contribution is 2.23. The number of halogens is 1. The molecule has 0 bridgehead atoms. The molecular weight excluding hydrogens is 482 g/mol. The maximum Gasteiger partial charge on any atom is 0.279 e. The number of methoxy groups -OCH3 is 1. The molecule has 1 amide bonds. The van der Waals surface area contributed by atoms with Crippen molar-refractivity contribution in [3.05, 3.63) is 57.9 Å². The lowest BCUT2D eigenvalue weighted by atomic mass is 10.2. The Kier molecular flexibility index (Phi) is 7.65. The number of rotatable bonds is 6. The van der Waals surface area contributed by atoms with E-state index in [-0.39, 0.29) is 4.90 Å². The van der Waals surface area contributed by atoms with Crippen LogP contribution >= 0.6 is 22.9 Å². The Balaban J connectivity index is 1.63. The fourth-order valence-electron chi connectivity index (χ4n) is 3.88. The van der Waals surface area contributed by atoms with E-state index in [0.29, 0.717) is 41.6 Å². The van der Waals surface area contributed by atoms with Crippen LogP contribution in [0.1, 0.15) is 36.0 Å². The Morgan fingerprint density at radius 2 is 1.79 bits per heavy atom. The highest BCUT2D eigenvalue weighted by molar-refractivity contribution is 7.89. The van der Waals surface area contributed by atoms with Crippen LogP contribution in [0.3, 0.4) is 0 Å². The first-order chi connectivity index (χ1) is 15.9. The van der Waals surface area contributed by atoms with Crippen LogP contribution in [0.2, 0.25) is 5.02 Å². The van der Waals surface area contributed by atoms with E-state index in [2.05, 4.69) is 4.99 Å². The van der Waals surface area contributed by atoms with E-state index in [4.69, 9.17) is 16.3 Å². The summed E-state index contributed by atoms with van der Waals surface area (Å²) in [5.41, 5.74) is 1.26. The molecule has 1 aromatic heterocycles. The van der Waals surface area contributed by atoms with E-state index in [9.17, 15) is 13.2 Å². The third-order valence-electron chi connectivity index (χ3n) is 5.67. The number of ether oxygens (including phenoxy) is 1. The van der Waals surface area contributed by atoms with E-state index < -0.39 is 15.9 Å². The van der Waals surface area contributed by atoms with Crippen LogP contribution in [0.25, 0.3) is 10.2 Å². The average molecular weight is 508 g/mol. The van der Waals surface area contributed by atoms with Crippen LogP contribution in [0.4, 0.5) is 0 Å². The number of hydrogen-bond donors (Lipinski definition) is 0. The molecule has 4 rings (SSSR count). The van der Waals surface area contributed by atoms with Gasteiger partial charge < -0.3 is 9.30 Å². The van der Waals surface area contributed by atoms with Crippen molar-refractivity contribution in [3.8, 4) is 0 Å². The summed E-state index contributed by atoms with van der Waals surface area (Å²) in [6, 6.07) is 11.6. The SMILES string of the molecule is COCCn1c(=NC(=O)c2ccc(S(=O)(=O)N3CCCCCC3)cc2)sc2cc(Cl)ccc21. The maximum absolute atomic E-state index is 13.0. The van der Waals surface area contributed by atoms with E-state index in [1.807, 2.05) is 16.7 Å². The number of fused-ring (bicyclic) bond motifs is 1. The zero-order valence-corrected chi connectivity index (χ0v) is 20.8. The van der Waals surface area contributed by atoms with Gasteiger partial charge in [0.15, 0.2) is 4.80 Å². The molecule has 1 saturated heterocycles. The van der Waals surface area contributed by atoms with Crippen LogP contribution in [0, 0.1) is 0 Å². The van der Waals surface area contributed by atoms with Gasteiger partial charge in [-0.2, -0.15) is 9.30 Å². The van der Waals surface area contributed by atoms with E-state index in [1.54, 1.807) is 17.5 Å². The summed E-state index contributed by atoms with van der Waals surface area (Å²) in [7, 11) is -1.94. The molecule has 1 fully saturated rings. The number of aromatic nitrogens is 1. The molecule has 2 heterocycles. The molecular formula is C23H26ClN3O4S2. The Morgan fingerprint density at radius 1 is 1.09 bits per heavy atom. The monoisotopic (exact) mass is 507 g/mol. The molecule has 1 aliphatic heterocycles. The quantitative estimate of drug-likeness (QED) is 0.498. The molecule has 0 unspecified atom stereocenters. The van der Waals surface area contributed by atoms with E-state index >= 15 is 0 Å². The van der Waals surface area contributed by atoms with Crippen molar-refractivity contribution < 1.29 is 17.9 Å². The predicted molar refractivity (Wildman–Crippen MR) is 130 cm³/mol. The fourth-order valence-corrected chi connectivity index (χ4v) is 6.73. The summed E-state index contributed by atoms with van der Waals surface area (Å²) in [5, 5.41) is 0.613. The molecule has 7 nitrogen and oxygen atoms in total. The van der Waals surface area contributed by atoms with Crippen molar-refractivity contribution in [2.45, 2.75) is 37.1 Å². The number of sulfonamides is 1. The van der Waals surface area contributed by atoms with Gasteiger partial charge in [-0.05, 0) is 55.3 Å². The van der Waals surface area contributed by atoms with Gasteiger partial charge in [0.2, 0.25) is 10.0 Å². The van der Waals surface area contributed by atoms with Gasteiger partial charge in [-0.15, -0.1) is 0 Å². The number of carbonyl (C=O) groups is 1. The van der Waals surface area contributed by atoms with Crippen LogP contribution in [-0.4, -0.2) is 50.0 Å². The zero-order valence-electron chi connectivity index (χ0n) is 18.4. The largest absolute Gasteiger partial charge is 0.383 e. The van der Waals surface area contributed by atoms with Crippen molar-refractivity contribution in [2.24, 2.45) is 4.99 Å². The van der Waals surface area contributed by atoms with Crippen molar-refractivity contribution in [2.75, 3.05) is 26.8 Å². The number of carbonyl (C=O) groups excluding carboxylic acids is 1. The molecule has 33 heavy (non-hydrogen) atoms. The first-order valence-corrected chi connectivity index (χ1v) is 13.5. The maximum atomic E-state index is 13.0. The summed E-state index contributed by atoms with van der Waals surface area (Å²) in [6.45, 7) is 2.09. The molecule has 0 atom stereocenters. The lowest BCUT2D eigenvalue weighted by Crippen LogP contribution is -2.31. The van der Waals surface area contributed by atoms with Crippen LogP contribution in [-0.2, 0) is 21.3 Å². The molecule has 0 spiro atoms. The second kappa shape index (κ2) is 10.5. The van der Waals surface area contributed by atoms with Gasteiger partial charge in [0.25, 0.3) is 5.91 Å². The Bertz CT molecular complexity index is 1310. The predicted octanol–water partition coefficient (Wildman–Crippen LogP) is 4.31. The normalized spacial score (nSPS) is 16.2. The van der Waals surface area contributed by atoms with Crippen LogP contribution < -0.4 is 4.80 Å². The van der Waals surface area contributed by atoms with Crippen molar-refractivity contribution in [1.82, 2.24) is 8.87 Å². The molecule has 176 valence electrons. The number of amides is 1. The van der Waals surface area contributed by atoms with Gasteiger partial charge in [0.1, 0.15) is 0 Å². The first-order valence-electron chi connectivity index (χ1n) is 10.9. The van der Waals surface area contributed by atoms with Crippen LogP contribution in [0.5, 0.6) is 0 Å². The standard InChI is InChI=1S/C23H26ClN3O4S2/c1-31-15-14-27-20-11-8-18(24)16-21(20)32-23(27)25-22(28)17-6-9-19(10-7-17)33(29,30)26-12-4-2-3-5-13-26/h6-11,16H,2-5,12-15H2,1H3. The van der Waals surface area contributed by atoms with Crippen molar-refractivity contribution >= 4 is 49.1 Å². The van der Waals surface area contributed by atoms with Gasteiger partial charge in [-0.1, -0.05) is 35.8 Å². The minimum Gasteiger partial charge on any atom is -0.383 e. The number of hydrogen-bond acceptors (Lipinski definition) is 5. The minimum absolute atomic E-state index is 0.201. The Labute approximate surface area is 202 Å². The molecule has 0 radical (unpaired) electrons. The lowest BCUT2D eigenvalue weighted by molar-refractivity contribution is 0.0997. The topological polar surface area (TPSA) is 81.0 Å². The Morgan fingerprint density at radius 3 is 2.45 bits per heavy atom. The van der Waals surface area contributed by atoms with E-state index in [1.165, 1.54) is 35.6 Å². The molecule has 0 N–H and O–H groups in total. The lowest BCUT2D eigenvalue weighted by Gasteiger charge is -2.19. The molecule has 2 aromatic carbocycles. The fraction of sp³-hybridized carbons (Fsp3) is 0.391. The van der Waals surface area contributed by atoms with Gasteiger partial charge >= 0.3 is 0 Å². The third kappa shape index (κ3) is 5.38. The van der Waals surface area contributed by atoms with Gasteiger partial charge in [-0.25, -0.2) is 8.42 Å². The highest BCUT2D eigenvalue weighted by atomic mass is 35.5. The number of thiazole rings is 1.